The summed E-state index contributed by atoms with van der Waals surface area (Å²) in [5.74, 6) is 0.294. The second-order valence-corrected chi connectivity index (χ2v) is 12.7. The third-order valence-corrected chi connectivity index (χ3v) is 8.68. The minimum Gasteiger partial charge on any atom is -0.497 e. The topological polar surface area (TPSA) is 96.0 Å². The van der Waals surface area contributed by atoms with Crippen molar-refractivity contribution < 1.29 is 22.7 Å². The summed E-state index contributed by atoms with van der Waals surface area (Å²) in [4.78, 5) is 28.8. The molecule has 8 nitrogen and oxygen atoms in total. The van der Waals surface area contributed by atoms with Crippen LogP contribution in [-0.2, 0) is 26.2 Å². The molecule has 2 amide bonds. The lowest BCUT2D eigenvalue weighted by Crippen LogP contribution is -2.53. The predicted molar refractivity (Wildman–Crippen MR) is 153 cm³/mol. The molecule has 3 aromatic carbocycles. The van der Waals surface area contributed by atoms with E-state index in [0.717, 1.165) is 16.3 Å². The molecule has 4 rings (SSSR count). The standard InChI is InChI=1S/C30H37N3O5S/c1-6-24(29(35)31-30(2,3)4)32(20-21-15-17-23(38-5)18-16-21)27(34)14-9-19-33-25-12-7-10-22-11-8-13-26(28(22)25)39(33,36)37/h7-8,10-13,15-18,24H,6,9,14,19-20H2,1-5H3,(H,31,35)/t24-/m0/s1. The maximum Gasteiger partial charge on any atom is 0.265 e. The maximum atomic E-state index is 13.6. The van der Waals surface area contributed by atoms with E-state index in [-0.39, 0.29) is 31.3 Å². The molecular formula is C30H37N3O5S. The van der Waals surface area contributed by atoms with Crippen molar-refractivity contribution in [3.63, 3.8) is 0 Å². The van der Waals surface area contributed by atoms with Crippen molar-refractivity contribution in [2.24, 2.45) is 0 Å². The molecule has 0 fully saturated rings. The number of anilines is 1. The summed E-state index contributed by atoms with van der Waals surface area (Å²) in [7, 11) is -2.10. The van der Waals surface area contributed by atoms with Crippen molar-refractivity contribution in [1.29, 1.82) is 0 Å². The number of nitrogens with zero attached hydrogens (tertiary/aromatic N) is 2. The number of hydrogen-bond acceptors (Lipinski definition) is 5. The lowest BCUT2D eigenvalue weighted by atomic mass is 10.0. The molecular weight excluding hydrogens is 514 g/mol. The number of ether oxygens (including phenoxy) is 1. The molecule has 1 N–H and O–H groups in total. The molecule has 0 aromatic heterocycles. The Balaban J connectivity index is 1.53. The highest BCUT2D eigenvalue weighted by Crippen LogP contribution is 2.42. The first kappa shape index (κ1) is 28.4. The van der Waals surface area contributed by atoms with Gasteiger partial charge in [-0.3, -0.25) is 13.9 Å². The Kier molecular flexibility index (Phi) is 8.20. The summed E-state index contributed by atoms with van der Waals surface area (Å²) in [5, 5.41) is 4.59. The first-order valence-electron chi connectivity index (χ1n) is 13.2. The molecule has 0 bridgehead atoms. The van der Waals surface area contributed by atoms with Crippen LogP contribution in [0.5, 0.6) is 5.75 Å². The van der Waals surface area contributed by atoms with Crippen molar-refractivity contribution in [3.05, 3.63) is 66.2 Å². The molecule has 1 atom stereocenters. The van der Waals surface area contributed by atoms with Gasteiger partial charge in [0.25, 0.3) is 10.0 Å². The molecule has 208 valence electrons. The highest BCUT2D eigenvalue weighted by molar-refractivity contribution is 7.93. The number of nitrogens with one attached hydrogen (secondary N) is 1. The molecule has 3 aromatic rings. The lowest BCUT2D eigenvalue weighted by Gasteiger charge is -2.33. The van der Waals surface area contributed by atoms with Gasteiger partial charge in [-0.25, -0.2) is 8.42 Å². The molecule has 9 heteroatoms. The second-order valence-electron chi connectivity index (χ2n) is 10.8. The van der Waals surface area contributed by atoms with Gasteiger partial charge < -0.3 is 15.0 Å². The minimum absolute atomic E-state index is 0.105. The van der Waals surface area contributed by atoms with Crippen LogP contribution in [0.2, 0.25) is 0 Å². The molecule has 1 heterocycles. The van der Waals surface area contributed by atoms with Gasteiger partial charge in [0.2, 0.25) is 11.8 Å². The first-order valence-corrected chi connectivity index (χ1v) is 14.7. The van der Waals surface area contributed by atoms with Crippen molar-refractivity contribution >= 4 is 38.3 Å². The van der Waals surface area contributed by atoms with Gasteiger partial charge in [0.15, 0.2) is 0 Å². The Morgan fingerprint density at radius 2 is 1.69 bits per heavy atom. The first-order chi connectivity index (χ1) is 18.5. The van der Waals surface area contributed by atoms with E-state index >= 15 is 0 Å². The van der Waals surface area contributed by atoms with Crippen LogP contribution in [0.1, 0.15) is 52.5 Å². The fraction of sp³-hybridized carbons (Fsp3) is 0.400. The number of carbonyl (C=O) groups excluding carboxylic acids is 2. The molecule has 1 aliphatic heterocycles. The Hall–Kier alpha value is -3.59. The lowest BCUT2D eigenvalue weighted by molar-refractivity contribution is -0.142. The summed E-state index contributed by atoms with van der Waals surface area (Å²) >= 11 is 0. The van der Waals surface area contributed by atoms with Gasteiger partial charge in [-0.15, -0.1) is 0 Å². The average Bonchev–Trinajstić information content (AvgIpc) is 3.11. The van der Waals surface area contributed by atoms with Crippen molar-refractivity contribution in [3.8, 4) is 5.75 Å². The number of benzene rings is 3. The van der Waals surface area contributed by atoms with E-state index in [4.69, 9.17) is 4.74 Å². The highest BCUT2D eigenvalue weighted by Gasteiger charge is 2.36. The molecule has 1 aliphatic rings. The third-order valence-electron chi connectivity index (χ3n) is 6.83. The maximum absolute atomic E-state index is 13.6. The fourth-order valence-electron chi connectivity index (χ4n) is 5.02. The molecule has 0 radical (unpaired) electrons. The Morgan fingerprint density at radius 3 is 2.31 bits per heavy atom. The number of rotatable bonds is 10. The largest absolute Gasteiger partial charge is 0.497 e. The van der Waals surface area contributed by atoms with Crippen LogP contribution < -0.4 is 14.4 Å². The van der Waals surface area contributed by atoms with Gasteiger partial charge in [-0.05, 0) is 68.8 Å². The van der Waals surface area contributed by atoms with E-state index in [1.165, 1.54) is 4.31 Å². The molecule has 39 heavy (non-hydrogen) atoms. The SMILES string of the molecule is CC[C@@H](C(=O)NC(C)(C)C)N(Cc1ccc(OC)cc1)C(=O)CCCN1c2cccc3cccc(c23)S1(=O)=O. The van der Waals surface area contributed by atoms with Crippen LogP contribution in [0.3, 0.4) is 0 Å². The Bertz CT molecular complexity index is 1460. The van der Waals surface area contributed by atoms with Crippen LogP contribution in [0, 0.1) is 0 Å². The average molecular weight is 552 g/mol. The van der Waals surface area contributed by atoms with Gasteiger partial charge in [0, 0.05) is 30.4 Å². The van der Waals surface area contributed by atoms with Gasteiger partial charge in [-0.2, -0.15) is 0 Å². The minimum atomic E-state index is -3.69. The predicted octanol–water partition coefficient (Wildman–Crippen LogP) is 4.86. The van der Waals surface area contributed by atoms with E-state index < -0.39 is 21.6 Å². The summed E-state index contributed by atoms with van der Waals surface area (Å²) in [6.07, 6.45) is 0.869. The van der Waals surface area contributed by atoms with E-state index in [0.29, 0.717) is 29.2 Å². The van der Waals surface area contributed by atoms with Gasteiger partial charge in [-0.1, -0.05) is 43.3 Å². The molecule has 0 saturated heterocycles. The van der Waals surface area contributed by atoms with Crippen LogP contribution in [0.15, 0.2) is 65.6 Å². The van der Waals surface area contributed by atoms with Crippen LogP contribution in [0.4, 0.5) is 5.69 Å². The number of hydrogen-bond donors (Lipinski definition) is 1. The Morgan fingerprint density at radius 1 is 1.03 bits per heavy atom. The smallest absolute Gasteiger partial charge is 0.265 e. The normalized spacial score (nSPS) is 14.7. The number of methoxy groups -OCH3 is 1. The molecule has 0 saturated carbocycles. The summed E-state index contributed by atoms with van der Waals surface area (Å²) in [6.45, 7) is 8.03. The van der Waals surface area contributed by atoms with E-state index in [1.54, 1.807) is 30.2 Å². The second kappa shape index (κ2) is 11.3. The van der Waals surface area contributed by atoms with Crippen LogP contribution in [-0.4, -0.2) is 50.4 Å². The number of carbonyl (C=O) groups is 2. The third kappa shape index (κ3) is 6.03. The van der Waals surface area contributed by atoms with E-state index in [2.05, 4.69) is 5.32 Å². The zero-order valence-electron chi connectivity index (χ0n) is 23.2. The number of sulfonamides is 1. The van der Waals surface area contributed by atoms with Gasteiger partial charge in [0.05, 0.1) is 17.7 Å². The summed E-state index contributed by atoms with van der Waals surface area (Å²) in [6, 6.07) is 17.6. The van der Waals surface area contributed by atoms with Gasteiger partial charge in [0.1, 0.15) is 11.8 Å². The summed E-state index contributed by atoms with van der Waals surface area (Å²) < 4.78 is 33.3. The quantitative estimate of drug-likeness (QED) is 0.388. The molecule has 0 aliphatic carbocycles. The van der Waals surface area contributed by atoms with Crippen molar-refractivity contribution in [1.82, 2.24) is 10.2 Å². The monoisotopic (exact) mass is 551 g/mol. The van der Waals surface area contributed by atoms with Crippen molar-refractivity contribution in [2.45, 2.75) is 70.0 Å². The number of amides is 2. The van der Waals surface area contributed by atoms with Crippen molar-refractivity contribution in [2.75, 3.05) is 18.0 Å². The molecule has 0 spiro atoms. The van der Waals surface area contributed by atoms with Crippen LogP contribution in [0.25, 0.3) is 10.8 Å². The van der Waals surface area contributed by atoms with Gasteiger partial charge >= 0.3 is 0 Å². The molecule has 0 unspecified atom stereocenters. The van der Waals surface area contributed by atoms with E-state index in [9.17, 15) is 18.0 Å². The zero-order chi connectivity index (χ0) is 28.4. The Labute approximate surface area is 231 Å². The van der Waals surface area contributed by atoms with Crippen LogP contribution >= 0.6 is 0 Å². The summed E-state index contributed by atoms with van der Waals surface area (Å²) in [5.41, 5.74) is 1.07. The fourth-order valence-corrected chi connectivity index (χ4v) is 6.77. The highest BCUT2D eigenvalue weighted by atomic mass is 32.2. The zero-order valence-corrected chi connectivity index (χ0v) is 24.0. The van der Waals surface area contributed by atoms with E-state index in [1.807, 2.05) is 70.2 Å².